The zero-order valence-electron chi connectivity index (χ0n) is 8.02. The van der Waals surface area contributed by atoms with Gasteiger partial charge in [-0.25, -0.2) is 5.48 Å². The Kier molecular flexibility index (Phi) is 4.85. The van der Waals surface area contributed by atoms with Gasteiger partial charge in [0.1, 0.15) is 0 Å². The Morgan fingerprint density at radius 3 is 2.50 bits per heavy atom. The van der Waals surface area contributed by atoms with Gasteiger partial charge in [0.05, 0.1) is 5.60 Å². The maximum atomic E-state index is 11.0. The minimum atomic E-state index is -0.335. The van der Waals surface area contributed by atoms with E-state index in [2.05, 4.69) is 5.48 Å². The van der Waals surface area contributed by atoms with Crippen LogP contribution in [0.5, 0.6) is 0 Å². The van der Waals surface area contributed by atoms with E-state index in [0.29, 0.717) is 19.4 Å². The van der Waals surface area contributed by atoms with E-state index in [1.807, 2.05) is 20.8 Å². The van der Waals surface area contributed by atoms with Crippen LogP contribution in [-0.4, -0.2) is 18.1 Å². The van der Waals surface area contributed by atoms with Crippen LogP contribution in [0.1, 0.15) is 33.6 Å². The molecule has 0 fully saturated rings. The maximum absolute atomic E-state index is 11.0. The van der Waals surface area contributed by atoms with Crippen molar-refractivity contribution in [3.8, 4) is 0 Å². The minimum absolute atomic E-state index is 0.115. The third kappa shape index (κ3) is 7.50. The average Bonchev–Trinajstić information content (AvgIpc) is 1.95. The predicted octanol–water partition coefficient (Wildman–Crippen LogP) is 0.572. The average molecular weight is 174 g/mol. The number of rotatable bonds is 4. The molecule has 4 nitrogen and oxygen atoms in total. The van der Waals surface area contributed by atoms with E-state index in [4.69, 9.17) is 10.6 Å². The lowest BCUT2D eigenvalue weighted by molar-refractivity contribution is -0.145. The molecule has 72 valence electrons. The molecule has 0 rings (SSSR count). The largest absolute Gasteiger partial charge is 0.330 e. The highest BCUT2D eigenvalue weighted by molar-refractivity contribution is 5.74. The van der Waals surface area contributed by atoms with Crippen molar-refractivity contribution in [3.63, 3.8) is 0 Å². The van der Waals surface area contributed by atoms with Gasteiger partial charge in [-0.15, -0.1) is 0 Å². The van der Waals surface area contributed by atoms with Crippen LogP contribution in [0.3, 0.4) is 0 Å². The van der Waals surface area contributed by atoms with E-state index < -0.39 is 0 Å². The standard InChI is InChI=1S/C8H18N2O2/c1-8(2,3)12-10-7(11)5-4-6-9/h4-6,9H2,1-3H3,(H,10,11). The number of carbonyl (C=O) groups excluding carboxylic acids is 1. The number of nitrogens with two attached hydrogens (primary N) is 1. The summed E-state index contributed by atoms with van der Waals surface area (Å²) in [6.07, 6.45) is 1.12. The highest BCUT2D eigenvalue weighted by Crippen LogP contribution is 2.03. The molecule has 0 bridgehead atoms. The highest BCUT2D eigenvalue weighted by atomic mass is 16.7. The zero-order valence-corrected chi connectivity index (χ0v) is 8.02. The van der Waals surface area contributed by atoms with Crippen molar-refractivity contribution in [2.24, 2.45) is 5.73 Å². The van der Waals surface area contributed by atoms with Crippen molar-refractivity contribution in [2.45, 2.75) is 39.2 Å². The molecule has 0 aliphatic carbocycles. The third-order valence-corrected chi connectivity index (χ3v) is 1.08. The Hall–Kier alpha value is -0.610. The van der Waals surface area contributed by atoms with E-state index >= 15 is 0 Å². The van der Waals surface area contributed by atoms with Crippen LogP contribution in [0.4, 0.5) is 0 Å². The fraction of sp³-hybridized carbons (Fsp3) is 0.875. The van der Waals surface area contributed by atoms with Gasteiger partial charge in [-0.2, -0.15) is 0 Å². The van der Waals surface area contributed by atoms with Gasteiger partial charge in [0.25, 0.3) is 0 Å². The molecule has 12 heavy (non-hydrogen) atoms. The predicted molar refractivity (Wildman–Crippen MR) is 47.3 cm³/mol. The number of carbonyl (C=O) groups is 1. The van der Waals surface area contributed by atoms with E-state index in [1.54, 1.807) is 0 Å². The maximum Gasteiger partial charge on any atom is 0.243 e. The first-order valence-corrected chi connectivity index (χ1v) is 4.12. The Balaban J connectivity index is 3.44. The van der Waals surface area contributed by atoms with E-state index in [1.165, 1.54) is 0 Å². The Morgan fingerprint density at radius 2 is 2.08 bits per heavy atom. The second-order valence-electron chi connectivity index (χ2n) is 3.63. The molecule has 0 atom stereocenters. The summed E-state index contributed by atoms with van der Waals surface area (Å²) in [6, 6.07) is 0. The molecule has 0 spiro atoms. The lowest BCUT2D eigenvalue weighted by Gasteiger charge is -2.18. The van der Waals surface area contributed by atoms with Crippen molar-refractivity contribution in [1.29, 1.82) is 0 Å². The monoisotopic (exact) mass is 174 g/mol. The van der Waals surface area contributed by atoms with Gasteiger partial charge in [0, 0.05) is 6.42 Å². The van der Waals surface area contributed by atoms with Gasteiger partial charge < -0.3 is 5.73 Å². The van der Waals surface area contributed by atoms with Crippen LogP contribution in [0, 0.1) is 0 Å². The molecule has 0 aromatic rings. The summed E-state index contributed by atoms with van der Waals surface area (Å²) < 4.78 is 0. The van der Waals surface area contributed by atoms with Crippen molar-refractivity contribution < 1.29 is 9.63 Å². The van der Waals surface area contributed by atoms with Crippen LogP contribution in [-0.2, 0) is 9.63 Å². The van der Waals surface area contributed by atoms with Crippen molar-refractivity contribution in [1.82, 2.24) is 5.48 Å². The lowest BCUT2D eigenvalue weighted by Crippen LogP contribution is -2.33. The molecule has 4 heteroatoms. The van der Waals surface area contributed by atoms with Crippen molar-refractivity contribution >= 4 is 5.91 Å². The van der Waals surface area contributed by atoms with Crippen LogP contribution in [0.2, 0.25) is 0 Å². The molecule has 0 saturated carbocycles. The van der Waals surface area contributed by atoms with Crippen LogP contribution < -0.4 is 11.2 Å². The van der Waals surface area contributed by atoms with Gasteiger partial charge in [-0.1, -0.05) is 0 Å². The van der Waals surface area contributed by atoms with Crippen molar-refractivity contribution in [2.75, 3.05) is 6.54 Å². The van der Waals surface area contributed by atoms with Gasteiger partial charge in [-0.05, 0) is 33.7 Å². The first-order chi connectivity index (χ1) is 5.45. The summed E-state index contributed by atoms with van der Waals surface area (Å²) in [6.45, 7) is 6.14. The Morgan fingerprint density at radius 1 is 1.50 bits per heavy atom. The number of nitrogens with one attached hydrogen (secondary N) is 1. The molecule has 0 unspecified atom stereocenters. The van der Waals surface area contributed by atoms with Crippen LogP contribution in [0.25, 0.3) is 0 Å². The molecule has 0 radical (unpaired) electrons. The molecule has 0 aliphatic heterocycles. The number of hydrogen-bond acceptors (Lipinski definition) is 3. The lowest BCUT2D eigenvalue weighted by atomic mass is 10.2. The Bertz CT molecular complexity index is 140. The SMILES string of the molecule is CC(C)(C)ONC(=O)CCCN. The van der Waals surface area contributed by atoms with Crippen molar-refractivity contribution in [3.05, 3.63) is 0 Å². The smallest absolute Gasteiger partial charge is 0.243 e. The van der Waals surface area contributed by atoms with Gasteiger partial charge in [-0.3, -0.25) is 9.63 Å². The first-order valence-electron chi connectivity index (χ1n) is 4.12. The normalized spacial score (nSPS) is 11.3. The number of hydrogen-bond donors (Lipinski definition) is 2. The molecular formula is C8H18N2O2. The van der Waals surface area contributed by atoms with Gasteiger partial charge >= 0.3 is 0 Å². The van der Waals surface area contributed by atoms with Crippen LogP contribution >= 0.6 is 0 Å². The first kappa shape index (κ1) is 11.4. The Labute approximate surface area is 73.4 Å². The summed E-state index contributed by atoms with van der Waals surface area (Å²) in [5, 5.41) is 0. The number of hydroxylamine groups is 1. The molecular weight excluding hydrogens is 156 g/mol. The summed E-state index contributed by atoms with van der Waals surface area (Å²) >= 11 is 0. The number of amides is 1. The van der Waals surface area contributed by atoms with E-state index in [-0.39, 0.29) is 11.5 Å². The zero-order chi connectivity index (χ0) is 9.61. The molecule has 0 saturated heterocycles. The highest BCUT2D eigenvalue weighted by Gasteiger charge is 2.11. The summed E-state index contributed by atoms with van der Waals surface area (Å²) in [5.74, 6) is -0.115. The molecule has 0 heterocycles. The topological polar surface area (TPSA) is 64.3 Å². The molecule has 3 N–H and O–H groups in total. The van der Waals surface area contributed by atoms with E-state index in [0.717, 1.165) is 0 Å². The quantitative estimate of drug-likeness (QED) is 0.612. The molecule has 0 aromatic carbocycles. The second-order valence-corrected chi connectivity index (χ2v) is 3.63. The fourth-order valence-corrected chi connectivity index (χ4v) is 0.524. The minimum Gasteiger partial charge on any atom is -0.330 e. The second kappa shape index (κ2) is 5.11. The molecule has 0 aromatic heterocycles. The third-order valence-electron chi connectivity index (χ3n) is 1.08. The van der Waals surface area contributed by atoms with E-state index in [9.17, 15) is 4.79 Å². The van der Waals surface area contributed by atoms with Gasteiger partial charge in [0.15, 0.2) is 0 Å². The van der Waals surface area contributed by atoms with Gasteiger partial charge in [0.2, 0.25) is 5.91 Å². The molecule has 1 amide bonds. The fourth-order valence-electron chi connectivity index (χ4n) is 0.524. The van der Waals surface area contributed by atoms with Crippen LogP contribution in [0.15, 0.2) is 0 Å². The summed E-state index contributed by atoms with van der Waals surface area (Å²) in [4.78, 5) is 16.0. The summed E-state index contributed by atoms with van der Waals surface area (Å²) in [7, 11) is 0. The molecule has 0 aliphatic rings. The summed E-state index contributed by atoms with van der Waals surface area (Å²) in [5.41, 5.74) is 7.27.